The highest BCUT2D eigenvalue weighted by atomic mass is 19.4. The van der Waals surface area contributed by atoms with Crippen LogP contribution < -0.4 is 10.1 Å². The summed E-state index contributed by atoms with van der Waals surface area (Å²) in [4.78, 5) is 0. The Labute approximate surface area is 110 Å². The number of hydrogen-bond acceptors (Lipinski definition) is 3. The number of ether oxygens (including phenoxy) is 1. The first-order valence-corrected chi connectivity index (χ1v) is 6.12. The van der Waals surface area contributed by atoms with Crippen molar-refractivity contribution in [1.82, 2.24) is 5.32 Å². The average Bonchev–Trinajstić information content (AvgIpc) is 2.37. The number of nitrogens with one attached hydrogen (secondary N) is 1. The largest absolute Gasteiger partial charge is 0.493 e. The molecule has 0 bridgehead atoms. The van der Waals surface area contributed by atoms with E-state index in [1.54, 1.807) is 0 Å². The molecular weight excluding hydrogens is 259 g/mol. The quantitative estimate of drug-likeness (QED) is 0.804. The second kappa shape index (κ2) is 7.35. The third-order valence-electron chi connectivity index (χ3n) is 2.63. The van der Waals surface area contributed by atoms with Gasteiger partial charge in [0.15, 0.2) is 0 Å². The zero-order valence-corrected chi connectivity index (χ0v) is 10.7. The molecular formula is C13H18F3NO2. The predicted octanol–water partition coefficient (Wildman–Crippen LogP) is 2.44. The monoisotopic (exact) mass is 277 g/mol. The van der Waals surface area contributed by atoms with E-state index in [0.717, 1.165) is 6.07 Å². The number of benzene rings is 1. The Hall–Kier alpha value is -1.27. The number of rotatable bonds is 7. The van der Waals surface area contributed by atoms with Crippen molar-refractivity contribution in [1.29, 1.82) is 0 Å². The van der Waals surface area contributed by atoms with Crippen LogP contribution in [0, 0.1) is 0 Å². The van der Waals surface area contributed by atoms with Gasteiger partial charge in [0.2, 0.25) is 0 Å². The van der Waals surface area contributed by atoms with Crippen molar-refractivity contribution in [3.8, 4) is 5.75 Å². The molecule has 0 aromatic heterocycles. The fourth-order valence-corrected chi connectivity index (χ4v) is 1.68. The lowest BCUT2D eigenvalue weighted by Crippen LogP contribution is -2.33. The highest BCUT2D eigenvalue weighted by molar-refractivity contribution is 5.35. The molecule has 0 heterocycles. The molecule has 3 nitrogen and oxygen atoms in total. The molecule has 0 aliphatic rings. The van der Waals surface area contributed by atoms with Crippen LogP contribution in [0.15, 0.2) is 24.3 Å². The molecule has 19 heavy (non-hydrogen) atoms. The first-order chi connectivity index (χ1) is 8.99. The summed E-state index contributed by atoms with van der Waals surface area (Å²) in [5.74, 6) is -0.178. The molecule has 108 valence electrons. The maximum absolute atomic E-state index is 12.7. The van der Waals surface area contributed by atoms with Gasteiger partial charge in [0.25, 0.3) is 0 Å². The van der Waals surface area contributed by atoms with Gasteiger partial charge in [0, 0.05) is 6.04 Å². The Morgan fingerprint density at radius 1 is 1.32 bits per heavy atom. The highest BCUT2D eigenvalue weighted by Gasteiger charge is 2.33. The molecule has 0 saturated carbocycles. The van der Waals surface area contributed by atoms with E-state index in [0.29, 0.717) is 13.0 Å². The van der Waals surface area contributed by atoms with Crippen LogP contribution >= 0.6 is 0 Å². The predicted molar refractivity (Wildman–Crippen MR) is 66.1 cm³/mol. The van der Waals surface area contributed by atoms with E-state index in [1.807, 2.05) is 6.92 Å². The van der Waals surface area contributed by atoms with Crippen molar-refractivity contribution in [2.75, 3.05) is 19.8 Å². The number of aliphatic hydroxyl groups is 1. The molecule has 0 radical (unpaired) electrons. The molecule has 1 aromatic rings. The third-order valence-corrected chi connectivity index (χ3v) is 2.63. The molecule has 1 atom stereocenters. The molecule has 1 aromatic carbocycles. The molecule has 1 rings (SSSR count). The first kappa shape index (κ1) is 15.8. The van der Waals surface area contributed by atoms with Gasteiger partial charge in [-0.15, -0.1) is 0 Å². The molecule has 0 spiro atoms. The summed E-state index contributed by atoms with van der Waals surface area (Å²) < 4.78 is 43.2. The van der Waals surface area contributed by atoms with Gasteiger partial charge < -0.3 is 15.2 Å². The molecule has 0 amide bonds. The minimum absolute atomic E-state index is 0.0713. The third kappa shape index (κ3) is 5.08. The summed E-state index contributed by atoms with van der Waals surface area (Å²) >= 11 is 0. The normalized spacial score (nSPS) is 13.3. The SMILES string of the molecule is CCNC(CO)CCOc1ccccc1C(F)(F)F. The van der Waals surface area contributed by atoms with E-state index in [2.05, 4.69) is 5.32 Å². The number of aliphatic hydroxyl groups excluding tert-OH is 1. The van der Waals surface area contributed by atoms with E-state index in [1.165, 1.54) is 18.2 Å². The molecule has 0 saturated heterocycles. The first-order valence-electron chi connectivity index (χ1n) is 6.12. The Balaban J connectivity index is 2.58. The molecule has 0 fully saturated rings. The van der Waals surface area contributed by atoms with Crippen LogP contribution in [0.1, 0.15) is 18.9 Å². The van der Waals surface area contributed by atoms with Crippen molar-refractivity contribution in [2.45, 2.75) is 25.6 Å². The van der Waals surface area contributed by atoms with Crippen molar-refractivity contribution in [3.05, 3.63) is 29.8 Å². The van der Waals surface area contributed by atoms with Gasteiger partial charge in [0.05, 0.1) is 18.8 Å². The van der Waals surface area contributed by atoms with Gasteiger partial charge in [-0.05, 0) is 25.1 Å². The van der Waals surface area contributed by atoms with Crippen molar-refractivity contribution in [2.24, 2.45) is 0 Å². The fourth-order valence-electron chi connectivity index (χ4n) is 1.68. The second-order valence-corrected chi connectivity index (χ2v) is 4.07. The fraction of sp³-hybridized carbons (Fsp3) is 0.538. The van der Waals surface area contributed by atoms with Crippen molar-refractivity contribution >= 4 is 0 Å². The van der Waals surface area contributed by atoms with Crippen LogP contribution in [0.25, 0.3) is 0 Å². The Morgan fingerprint density at radius 2 is 2.00 bits per heavy atom. The summed E-state index contributed by atoms with van der Waals surface area (Å²) in [6, 6.07) is 4.94. The maximum Gasteiger partial charge on any atom is 0.419 e. The summed E-state index contributed by atoms with van der Waals surface area (Å²) in [6.45, 7) is 2.62. The lowest BCUT2D eigenvalue weighted by molar-refractivity contribution is -0.139. The van der Waals surface area contributed by atoms with Crippen LogP contribution in [-0.2, 0) is 6.18 Å². The van der Waals surface area contributed by atoms with E-state index < -0.39 is 11.7 Å². The standard InChI is InChI=1S/C13H18F3NO2/c1-2-17-10(9-18)7-8-19-12-6-4-3-5-11(12)13(14,15)16/h3-6,10,17-18H,2,7-9H2,1H3. The zero-order chi connectivity index (χ0) is 14.3. The van der Waals surface area contributed by atoms with Gasteiger partial charge in [-0.25, -0.2) is 0 Å². The zero-order valence-electron chi connectivity index (χ0n) is 10.7. The van der Waals surface area contributed by atoms with Crippen molar-refractivity contribution < 1.29 is 23.0 Å². The minimum Gasteiger partial charge on any atom is -0.493 e. The molecule has 2 N–H and O–H groups in total. The molecule has 0 aliphatic heterocycles. The van der Waals surface area contributed by atoms with Gasteiger partial charge in [0.1, 0.15) is 5.75 Å². The summed E-state index contributed by atoms with van der Waals surface area (Å²) in [6.07, 6.45) is -3.98. The highest BCUT2D eigenvalue weighted by Crippen LogP contribution is 2.35. The maximum atomic E-state index is 12.7. The van der Waals surface area contributed by atoms with E-state index in [9.17, 15) is 13.2 Å². The number of alkyl halides is 3. The van der Waals surface area contributed by atoms with Crippen LogP contribution in [0.4, 0.5) is 13.2 Å². The Morgan fingerprint density at radius 3 is 2.58 bits per heavy atom. The van der Waals surface area contributed by atoms with Crippen LogP contribution in [-0.4, -0.2) is 30.9 Å². The van der Waals surface area contributed by atoms with Crippen LogP contribution in [0.3, 0.4) is 0 Å². The van der Waals surface area contributed by atoms with E-state index >= 15 is 0 Å². The second-order valence-electron chi connectivity index (χ2n) is 4.07. The topological polar surface area (TPSA) is 41.5 Å². The van der Waals surface area contributed by atoms with Gasteiger partial charge in [-0.1, -0.05) is 19.1 Å². The van der Waals surface area contributed by atoms with Gasteiger partial charge >= 0.3 is 6.18 Å². The van der Waals surface area contributed by atoms with Gasteiger partial charge in [-0.3, -0.25) is 0 Å². The molecule has 0 aliphatic carbocycles. The van der Waals surface area contributed by atoms with E-state index in [-0.39, 0.29) is 25.0 Å². The summed E-state index contributed by atoms with van der Waals surface area (Å²) in [7, 11) is 0. The number of likely N-dealkylation sites (N-methyl/N-ethyl adjacent to an activating group) is 1. The lowest BCUT2D eigenvalue weighted by Gasteiger charge is -2.17. The summed E-state index contributed by atoms with van der Waals surface area (Å²) in [5.41, 5.74) is -0.779. The molecule has 1 unspecified atom stereocenters. The van der Waals surface area contributed by atoms with Crippen LogP contribution in [0.5, 0.6) is 5.75 Å². The Bertz CT molecular complexity index is 382. The summed E-state index contributed by atoms with van der Waals surface area (Å²) in [5, 5.41) is 12.1. The Kier molecular flexibility index (Phi) is 6.11. The minimum atomic E-state index is -4.42. The average molecular weight is 277 g/mol. The number of para-hydroxylation sites is 1. The van der Waals surface area contributed by atoms with Crippen LogP contribution in [0.2, 0.25) is 0 Å². The number of hydrogen-bond donors (Lipinski definition) is 2. The smallest absolute Gasteiger partial charge is 0.419 e. The van der Waals surface area contributed by atoms with E-state index in [4.69, 9.17) is 9.84 Å². The van der Waals surface area contributed by atoms with Crippen molar-refractivity contribution in [3.63, 3.8) is 0 Å². The number of halogens is 3. The molecule has 6 heteroatoms. The van der Waals surface area contributed by atoms with Gasteiger partial charge in [-0.2, -0.15) is 13.2 Å². The lowest BCUT2D eigenvalue weighted by atomic mass is 10.2.